The van der Waals surface area contributed by atoms with Crippen molar-refractivity contribution in [1.29, 1.82) is 0 Å². The highest BCUT2D eigenvalue weighted by molar-refractivity contribution is 5.82. The fourth-order valence-corrected chi connectivity index (χ4v) is 6.80. The average Bonchev–Trinajstić information content (AvgIpc) is 3.80. The Hall–Kier alpha value is -1.26. The van der Waals surface area contributed by atoms with E-state index >= 15 is 0 Å². The Labute approximate surface area is 219 Å². The highest BCUT2D eigenvalue weighted by Gasteiger charge is 2.56. The van der Waals surface area contributed by atoms with Gasteiger partial charge in [-0.25, -0.2) is 0 Å². The third-order valence-electron chi connectivity index (χ3n) is 9.67. The van der Waals surface area contributed by atoms with E-state index in [-0.39, 0.29) is 48.6 Å². The molecule has 6 aliphatic rings. The molecule has 37 heavy (non-hydrogen) atoms. The summed E-state index contributed by atoms with van der Waals surface area (Å²) in [6.45, 7) is 6.80. The zero-order valence-electron chi connectivity index (χ0n) is 22.2. The Balaban J connectivity index is 0.862. The predicted molar refractivity (Wildman–Crippen MR) is 130 cm³/mol. The zero-order valence-corrected chi connectivity index (χ0v) is 22.2. The minimum absolute atomic E-state index is 0.0515. The van der Waals surface area contributed by atoms with E-state index in [1.54, 1.807) is 0 Å². The van der Waals surface area contributed by atoms with Crippen LogP contribution < -0.4 is 0 Å². The molecule has 9 nitrogen and oxygen atoms in total. The summed E-state index contributed by atoms with van der Waals surface area (Å²) >= 11 is 0. The molecule has 9 heteroatoms. The van der Waals surface area contributed by atoms with Crippen LogP contribution in [0.5, 0.6) is 0 Å². The van der Waals surface area contributed by atoms with Gasteiger partial charge >= 0.3 is 11.9 Å². The van der Waals surface area contributed by atoms with Crippen LogP contribution in [0.15, 0.2) is 0 Å². The number of rotatable bonds is 12. The van der Waals surface area contributed by atoms with Crippen molar-refractivity contribution in [2.75, 3.05) is 39.6 Å². The van der Waals surface area contributed by atoms with E-state index in [0.29, 0.717) is 63.3 Å². The van der Waals surface area contributed by atoms with Gasteiger partial charge in [0, 0.05) is 13.2 Å². The van der Waals surface area contributed by atoms with Crippen molar-refractivity contribution >= 4 is 11.9 Å². The number of fused-ring (bicyclic) bond motifs is 3. The van der Waals surface area contributed by atoms with Crippen LogP contribution in [0.3, 0.4) is 0 Å². The maximum absolute atomic E-state index is 12.8. The van der Waals surface area contributed by atoms with Crippen LogP contribution in [0.25, 0.3) is 0 Å². The summed E-state index contributed by atoms with van der Waals surface area (Å²) in [4.78, 5) is 25.7. The Kier molecular flexibility index (Phi) is 7.29. The molecule has 0 radical (unpaired) electrons. The van der Waals surface area contributed by atoms with Gasteiger partial charge in [-0.2, -0.15) is 0 Å². The number of esters is 2. The summed E-state index contributed by atoms with van der Waals surface area (Å²) in [5, 5.41) is 0. The first-order chi connectivity index (χ1) is 17.8. The number of epoxide rings is 3. The third-order valence-corrected chi connectivity index (χ3v) is 9.67. The molecule has 6 fully saturated rings. The van der Waals surface area contributed by atoms with Gasteiger partial charge in [0.15, 0.2) is 0 Å². The fourth-order valence-electron chi connectivity index (χ4n) is 6.80. The van der Waals surface area contributed by atoms with Crippen molar-refractivity contribution < 1.29 is 42.7 Å². The van der Waals surface area contributed by atoms with Gasteiger partial charge in [-0.05, 0) is 77.0 Å². The molecular weight excluding hydrogens is 480 g/mol. The zero-order chi connectivity index (χ0) is 25.6. The highest BCUT2D eigenvalue weighted by atomic mass is 16.6. The minimum Gasteiger partial charge on any atom is -0.463 e. The molecule has 3 saturated carbocycles. The van der Waals surface area contributed by atoms with Crippen LogP contribution in [0.2, 0.25) is 0 Å². The van der Waals surface area contributed by atoms with Gasteiger partial charge in [0.2, 0.25) is 0 Å². The number of carbonyl (C=O) groups is 2. The molecule has 10 atom stereocenters. The van der Waals surface area contributed by atoms with E-state index in [1.165, 1.54) is 0 Å². The lowest BCUT2D eigenvalue weighted by molar-refractivity contribution is -0.164. The van der Waals surface area contributed by atoms with Crippen LogP contribution in [0.4, 0.5) is 0 Å². The first-order valence-electron chi connectivity index (χ1n) is 14.3. The molecule has 3 aliphatic heterocycles. The molecule has 3 heterocycles. The molecule has 0 aromatic heterocycles. The van der Waals surface area contributed by atoms with Gasteiger partial charge in [0.25, 0.3) is 0 Å². The van der Waals surface area contributed by atoms with Crippen molar-refractivity contribution in [1.82, 2.24) is 0 Å². The van der Waals surface area contributed by atoms with Gasteiger partial charge in [-0.15, -0.1) is 0 Å². The smallest absolute Gasteiger partial charge is 0.309 e. The number of hydrogen-bond acceptors (Lipinski definition) is 9. The van der Waals surface area contributed by atoms with Gasteiger partial charge in [0.1, 0.15) is 13.2 Å². The normalized spacial score (nSPS) is 45.1. The third kappa shape index (κ3) is 6.01. The van der Waals surface area contributed by atoms with Crippen molar-refractivity contribution in [3.05, 3.63) is 0 Å². The molecule has 0 amide bonds. The monoisotopic (exact) mass is 522 g/mol. The van der Waals surface area contributed by atoms with E-state index < -0.39 is 11.8 Å². The van der Waals surface area contributed by atoms with E-state index in [9.17, 15) is 9.59 Å². The summed E-state index contributed by atoms with van der Waals surface area (Å²) in [7, 11) is 0. The quantitative estimate of drug-likeness (QED) is 0.217. The molecule has 0 aromatic rings. The first-order valence-corrected chi connectivity index (χ1v) is 14.3. The van der Waals surface area contributed by atoms with Crippen LogP contribution in [0, 0.1) is 23.7 Å². The molecule has 0 N–H and O–H groups in total. The second-order valence-electron chi connectivity index (χ2n) is 12.5. The summed E-state index contributed by atoms with van der Waals surface area (Å²) in [6, 6.07) is 0. The molecule has 0 bridgehead atoms. The molecule has 0 spiro atoms. The molecule has 6 rings (SSSR count). The van der Waals surface area contributed by atoms with Gasteiger partial charge < -0.3 is 33.2 Å². The SMILES string of the molecule is CC12CCC(COCCOC(=O)C3CC4OC4CC3C(=O)OCCOCC3CCC4(C)OC4C3)CC1O2. The van der Waals surface area contributed by atoms with Gasteiger partial charge in [-0.1, -0.05) is 0 Å². The van der Waals surface area contributed by atoms with Gasteiger partial charge in [0.05, 0.1) is 60.7 Å². The maximum Gasteiger partial charge on any atom is 0.309 e. The second-order valence-corrected chi connectivity index (χ2v) is 12.5. The van der Waals surface area contributed by atoms with E-state index in [1.807, 2.05) is 0 Å². The second kappa shape index (κ2) is 10.4. The lowest BCUT2D eigenvalue weighted by Gasteiger charge is -2.26. The Bertz CT molecular complexity index is 797. The van der Waals surface area contributed by atoms with Crippen LogP contribution in [-0.2, 0) is 42.7 Å². The van der Waals surface area contributed by atoms with Crippen molar-refractivity contribution in [3.8, 4) is 0 Å². The topological polar surface area (TPSA) is 109 Å². The van der Waals surface area contributed by atoms with Crippen molar-refractivity contribution in [2.45, 2.75) is 101 Å². The predicted octanol–water partition coefficient (Wildman–Crippen LogP) is 2.81. The molecule has 10 unspecified atom stereocenters. The standard InChI is InChI=1S/C28H42O9/c1-27-5-3-17(11-23(27)36-27)15-31-7-9-33-25(29)19-13-21-22(35-21)14-20(19)26(30)34-10-8-32-16-18-4-6-28(2)24(12-18)37-28/h17-24H,3-16H2,1-2H3. The number of hydrogen-bond donors (Lipinski definition) is 0. The van der Waals surface area contributed by atoms with E-state index in [4.69, 9.17) is 33.2 Å². The Morgan fingerprint density at radius 3 is 1.59 bits per heavy atom. The maximum atomic E-state index is 12.8. The van der Waals surface area contributed by atoms with Crippen molar-refractivity contribution in [3.63, 3.8) is 0 Å². The van der Waals surface area contributed by atoms with E-state index in [0.717, 1.165) is 38.5 Å². The summed E-state index contributed by atoms with van der Waals surface area (Å²) in [5.74, 6) is -0.769. The van der Waals surface area contributed by atoms with Gasteiger partial charge in [-0.3, -0.25) is 9.59 Å². The van der Waals surface area contributed by atoms with Crippen LogP contribution in [-0.4, -0.2) is 87.2 Å². The largest absolute Gasteiger partial charge is 0.463 e. The van der Waals surface area contributed by atoms with Crippen molar-refractivity contribution in [2.24, 2.45) is 23.7 Å². The lowest BCUT2D eigenvalue weighted by Crippen LogP contribution is -2.38. The summed E-state index contributed by atoms with van der Waals surface area (Å²) < 4.78 is 39.7. The first kappa shape index (κ1) is 26.0. The number of carbonyl (C=O) groups excluding carboxylic acids is 2. The highest BCUT2D eigenvalue weighted by Crippen LogP contribution is 2.50. The molecular formula is C28H42O9. The fraction of sp³-hybridized carbons (Fsp3) is 0.929. The summed E-state index contributed by atoms with van der Waals surface area (Å²) in [5.41, 5.74) is 0.232. The summed E-state index contributed by atoms with van der Waals surface area (Å²) in [6.07, 6.45) is 8.39. The Morgan fingerprint density at radius 2 is 1.16 bits per heavy atom. The number of ether oxygens (including phenoxy) is 7. The molecule has 3 aliphatic carbocycles. The van der Waals surface area contributed by atoms with Crippen LogP contribution in [0.1, 0.15) is 65.2 Å². The minimum atomic E-state index is -0.532. The molecule has 208 valence electrons. The average molecular weight is 523 g/mol. The van der Waals surface area contributed by atoms with E-state index in [2.05, 4.69) is 13.8 Å². The van der Waals surface area contributed by atoms with Crippen LogP contribution >= 0.6 is 0 Å². The molecule has 3 saturated heterocycles. The lowest BCUT2D eigenvalue weighted by atomic mass is 9.79. The molecule has 0 aromatic carbocycles. The Morgan fingerprint density at radius 1 is 0.703 bits per heavy atom.